The standard InChI is InChI=1S/C47H46N4O9Si/c1-6-32-33-24-29(60-61(46(3,4)5,30-14-10-8-11-15-30)31-16-12-9-13-17-31)18-19-37(33)49-43-34(32)27-51-38(43)25-36-35(44(51)56)28-58-45(57)47(36,7-2)59-42(55)26-48-39(52)22-23-50-40(53)20-21-41(50)54/h8-21,24-25H,6-7,22-23,26-28H2,1-5H3,(H,48,52). The lowest BCUT2D eigenvalue weighted by atomic mass is 9.85. The van der Waals surface area contributed by atoms with E-state index in [1.165, 1.54) is 0 Å². The third kappa shape index (κ3) is 6.94. The van der Waals surface area contributed by atoms with E-state index in [4.69, 9.17) is 18.9 Å². The average molecular weight is 839 g/mol. The summed E-state index contributed by atoms with van der Waals surface area (Å²) < 4.78 is 20.4. The molecule has 0 bridgehead atoms. The molecule has 3 aliphatic rings. The quantitative estimate of drug-likeness (QED) is 0.105. The number of nitrogens with one attached hydrogen (secondary N) is 1. The van der Waals surface area contributed by atoms with Gasteiger partial charge in [0.15, 0.2) is 0 Å². The molecule has 3 amide bonds. The molecule has 14 heteroatoms. The summed E-state index contributed by atoms with van der Waals surface area (Å²) in [5.74, 6) is -2.72. The van der Waals surface area contributed by atoms with Crippen molar-refractivity contribution in [3.63, 3.8) is 0 Å². The molecule has 1 atom stereocenters. The van der Waals surface area contributed by atoms with E-state index in [9.17, 15) is 28.8 Å². The van der Waals surface area contributed by atoms with Gasteiger partial charge in [0.25, 0.3) is 17.4 Å². The molecule has 5 aromatic rings. The number of pyridine rings is 2. The second-order valence-corrected chi connectivity index (χ2v) is 20.7. The molecule has 0 saturated carbocycles. The van der Waals surface area contributed by atoms with Gasteiger partial charge in [-0.1, -0.05) is 95.3 Å². The Balaban J connectivity index is 1.13. The Morgan fingerprint density at radius 1 is 0.885 bits per heavy atom. The summed E-state index contributed by atoms with van der Waals surface area (Å²) in [5.41, 5.74) is 1.72. The first-order valence-electron chi connectivity index (χ1n) is 20.4. The van der Waals surface area contributed by atoms with Crippen LogP contribution in [-0.4, -0.2) is 65.5 Å². The number of hydrogen-bond acceptors (Lipinski definition) is 10. The summed E-state index contributed by atoms with van der Waals surface area (Å²) in [6, 6.07) is 28.5. The molecule has 5 heterocycles. The predicted octanol–water partition coefficient (Wildman–Crippen LogP) is 4.56. The van der Waals surface area contributed by atoms with E-state index in [2.05, 4.69) is 87.6 Å². The Labute approximate surface area is 353 Å². The molecule has 0 radical (unpaired) electrons. The van der Waals surface area contributed by atoms with Gasteiger partial charge in [-0.3, -0.25) is 28.9 Å². The monoisotopic (exact) mass is 838 g/mol. The average Bonchev–Trinajstić information content (AvgIpc) is 3.79. The van der Waals surface area contributed by atoms with Crippen molar-refractivity contribution in [3.05, 3.63) is 130 Å². The number of aromatic nitrogens is 2. The highest BCUT2D eigenvalue weighted by Gasteiger charge is 2.53. The van der Waals surface area contributed by atoms with Crippen LogP contribution < -0.4 is 25.7 Å². The number of amides is 3. The summed E-state index contributed by atoms with van der Waals surface area (Å²) in [6.07, 6.45) is 2.58. The highest BCUT2D eigenvalue weighted by molar-refractivity contribution is 7.00. The first-order chi connectivity index (χ1) is 29.2. The highest BCUT2D eigenvalue weighted by atomic mass is 28.4. The molecule has 0 spiro atoms. The van der Waals surface area contributed by atoms with Crippen LogP contribution in [0.1, 0.15) is 69.7 Å². The number of carbonyl (C=O) groups excluding carboxylic acids is 5. The molecule has 2 aromatic heterocycles. The molecular weight excluding hydrogens is 793 g/mol. The number of carbonyl (C=O) groups is 5. The van der Waals surface area contributed by atoms with Crippen molar-refractivity contribution in [3.8, 4) is 17.1 Å². The van der Waals surface area contributed by atoms with Gasteiger partial charge in [0, 0.05) is 41.6 Å². The minimum absolute atomic E-state index is 0.0556. The lowest BCUT2D eigenvalue weighted by molar-refractivity contribution is -0.189. The van der Waals surface area contributed by atoms with Gasteiger partial charge in [0.2, 0.25) is 11.5 Å². The van der Waals surface area contributed by atoms with Crippen molar-refractivity contribution in [2.45, 2.75) is 77.7 Å². The van der Waals surface area contributed by atoms with Gasteiger partial charge in [-0.15, -0.1) is 0 Å². The Kier molecular flexibility index (Phi) is 10.6. The number of benzene rings is 3. The topological polar surface area (TPSA) is 163 Å². The van der Waals surface area contributed by atoms with E-state index in [1.807, 2.05) is 24.3 Å². The molecule has 0 saturated heterocycles. The predicted molar refractivity (Wildman–Crippen MR) is 230 cm³/mol. The van der Waals surface area contributed by atoms with E-state index in [0.29, 0.717) is 23.3 Å². The number of esters is 2. The number of cyclic esters (lactones) is 1. The zero-order chi connectivity index (χ0) is 43.3. The summed E-state index contributed by atoms with van der Waals surface area (Å²) >= 11 is 0. The molecule has 1 unspecified atom stereocenters. The van der Waals surface area contributed by atoms with E-state index in [0.717, 1.165) is 49.7 Å². The van der Waals surface area contributed by atoms with E-state index >= 15 is 0 Å². The van der Waals surface area contributed by atoms with Crippen molar-refractivity contribution >= 4 is 59.3 Å². The molecule has 3 aromatic carbocycles. The van der Waals surface area contributed by atoms with Crippen LogP contribution in [0.25, 0.3) is 22.3 Å². The SMILES string of the molecule is CCc1c2c(nc3ccc(O[Si](c4ccccc4)(c4ccccc4)C(C)(C)C)cc13)-c1cc3c(c(=O)n1C2)COC(=O)C3(CC)OC(=O)CNC(=O)CCN1C(=O)C=CC1=O. The minimum atomic E-state index is -2.95. The van der Waals surface area contributed by atoms with Crippen molar-refractivity contribution < 1.29 is 37.9 Å². The van der Waals surface area contributed by atoms with Gasteiger partial charge < -0.3 is 23.8 Å². The number of imide groups is 1. The number of hydrogen-bond donors (Lipinski definition) is 1. The Morgan fingerprint density at radius 2 is 1.54 bits per heavy atom. The van der Waals surface area contributed by atoms with E-state index in [-0.39, 0.29) is 54.3 Å². The second-order valence-electron chi connectivity index (χ2n) is 16.4. The van der Waals surface area contributed by atoms with E-state index < -0.39 is 50.1 Å². The highest BCUT2D eigenvalue weighted by Crippen LogP contribution is 2.43. The first-order valence-corrected chi connectivity index (χ1v) is 22.4. The molecule has 61 heavy (non-hydrogen) atoms. The molecule has 1 N–H and O–H groups in total. The second kappa shape index (κ2) is 15.7. The molecule has 312 valence electrons. The molecular formula is C47H46N4O9Si. The van der Waals surface area contributed by atoms with Crippen LogP contribution in [0.4, 0.5) is 0 Å². The zero-order valence-electron chi connectivity index (χ0n) is 34.7. The third-order valence-electron chi connectivity index (χ3n) is 12.0. The molecule has 8 rings (SSSR count). The summed E-state index contributed by atoms with van der Waals surface area (Å²) in [5, 5.41) is 5.38. The van der Waals surface area contributed by atoms with Gasteiger partial charge in [0.05, 0.1) is 29.0 Å². The van der Waals surface area contributed by atoms with Crippen molar-refractivity contribution in [2.24, 2.45) is 0 Å². The van der Waals surface area contributed by atoms with Crippen LogP contribution in [0.15, 0.2) is 102 Å². The molecule has 0 aliphatic carbocycles. The lowest BCUT2D eigenvalue weighted by Crippen LogP contribution is -2.68. The Bertz CT molecular complexity index is 2670. The fraction of sp³-hybridized carbons (Fsp3) is 0.298. The summed E-state index contributed by atoms with van der Waals surface area (Å²) in [4.78, 5) is 83.5. The number of fused-ring (bicyclic) bond motifs is 5. The van der Waals surface area contributed by atoms with E-state index in [1.54, 1.807) is 17.6 Å². The molecule has 0 fully saturated rings. The normalized spacial score (nSPS) is 16.9. The maximum absolute atomic E-state index is 14.4. The molecule has 3 aliphatic heterocycles. The third-order valence-corrected chi connectivity index (χ3v) is 16.9. The summed E-state index contributed by atoms with van der Waals surface area (Å²) in [6.45, 7) is 9.58. The van der Waals surface area contributed by atoms with Gasteiger partial charge >= 0.3 is 20.3 Å². The van der Waals surface area contributed by atoms with Crippen LogP contribution in [-0.2, 0) is 58.6 Å². The Hall–Kier alpha value is -6.67. The zero-order valence-corrected chi connectivity index (χ0v) is 35.7. The van der Waals surface area contributed by atoms with Crippen LogP contribution in [0.2, 0.25) is 5.04 Å². The number of aryl methyl sites for hydroxylation is 1. The van der Waals surface area contributed by atoms with Crippen LogP contribution >= 0.6 is 0 Å². The smallest absolute Gasteiger partial charge is 0.355 e. The lowest BCUT2D eigenvalue weighted by Gasteiger charge is -2.43. The van der Waals surface area contributed by atoms with Crippen LogP contribution in [0.5, 0.6) is 5.75 Å². The van der Waals surface area contributed by atoms with Gasteiger partial charge in [-0.05, 0) is 58.1 Å². The van der Waals surface area contributed by atoms with Crippen LogP contribution in [0.3, 0.4) is 0 Å². The summed E-state index contributed by atoms with van der Waals surface area (Å²) in [7, 11) is -2.95. The largest absolute Gasteiger partial charge is 0.534 e. The number of ether oxygens (including phenoxy) is 2. The minimum Gasteiger partial charge on any atom is -0.534 e. The first kappa shape index (κ1) is 41.1. The van der Waals surface area contributed by atoms with Crippen molar-refractivity contribution in [1.82, 2.24) is 19.8 Å². The van der Waals surface area contributed by atoms with Gasteiger partial charge in [-0.25, -0.2) is 9.78 Å². The number of rotatable bonds is 12. The number of nitrogens with zero attached hydrogens (tertiary/aromatic N) is 3. The fourth-order valence-corrected chi connectivity index (χ4v) is 13.4. The van der Waals surface area contributed by atoms with Gasteiger partial charge in [-0.2, -0.15) is 0 Å². The van der Waals surface area contributed by atoms with Crippen molar-refractivity contribution in [1.29, 1.82) is 0 Å². The maximum Gasteiger partial charge on any atom is 0.355 e. The molecule has 13 nitrogen and oxygen atoms in total. The fourth-order valence-electron chi connectivity index (χ4n) is 8.95. The van der Waals surface area contributed by atoms with Crippen molar-refractivity contribution in [2.75, 3.05) is 13.1 Å². The Morgan fingerprint density at radius 3 is 2.15 bits per heavy atom. The van der Waals surface area contributed by atoms with Gasteiger partial charge in [0.1, 0.15) is 18.9 Å². The maximum atomic E-state index is 14.4. The van der Waals surface area contributed by atoms with Crippen LogP contribution in [0, 0.1) is 0 Å².